The summed E-state index contributed by atoms with van der Waals surface area (Å²) in [4.78, 5) is 38.0. The first-order chi connectivity index (χ1) is 31.0. The van der Waals surface area contributed by atoms with Crippen molar-refractivity contribution in [1.29, 1.82) is 0 Å². The number of unbranched alkanes of at least 4 members (excludes halogenated alkanes) is 27. The van der Waals surface area contributed by atoms with Gasteiger partial charge in [-0.25, -0.2) is 0 Å². The molecule has 6 heteroatoms. The largest absolute Gasteiger partial charge is 0.462 e. The first kappa shape index (κ1) is 59.9. The van der Waals surface area contributed by atoms with Gasteiger partial charge in [-0.1, -0.05) is 241 Å². The minimum atomic E-state index is -0.789. The van der Waals surface area contributed by atoms with Gasteiger partial charge in [0.2, 0.25) is 0 Å². The van der Waals surface area contributed by atoms with Crippen LogP contribution in [-0.2, 0) is 28.6 Å². The van der Waals surface area contributed by atoms with Crippen molar-refractivity contribution in [1.82, 2.24) is 0 Å². The fourth-order valence-electron chi connectivity index (χ4n) is 7.37. The molecule has 362 valence electrons. The second-order valence-corrected chi connectivity index (χ2v) is 17.5. The van der Waals surface area contributed by atoms with Gasteiger partial charge < -0.3 is 14.2 Å². The van der Waals surface area contributed by atoms with Gasteiger partial charge in [0, 0.05) is 19.3 Å². The zero-order valence-corrected chi connectivity index (χ0v) is 41.3. The summed E-state index contributed by atoms with van der Waals surface area (Å²) >= 11 is 0. The third-order valence-electron chi connectivity index (χ3n) is 11.3. The van der Waals surface area contributed by atoms with Gasteiger partial charge in [-0.3, -0.25) is 14.4 Å². The topological polar surface area (TPSA) is 78.9 Å². The molecule has 6 nitrogen and oxygen atoms in total. The van der Waals surface area contributed by atoms with Crippen LogP contribution in [0.3, 0.4) is 0 Å². The molecule has 0 spiro atoms. The molecule has 0 N–H and O–H groups in total. The number of esters is 3. The van der Waals surface area contributed by atoms with Crippen molar-refractivity contribution in [2.24, 2.45) is 0 Å². The predicted molar refractivity (Wildman–Crippen MR) is 270 cm³/mol. The van der Waals surface area contributed by atoms with E-state index in [2.05, 4.69) is 75.5 Å². The molecule has 0 bridgehead atoms. The molecule has 1 unspecified atom stereocenters. The molecule has 1 atom stereocenters. The van der Waals surface area contributed by atoms with Gasteiger partial charge in [-0.15, -0.1) is 0 Å². The number of hydrogen-bond acceptors (Lipinski definition) is 6. The van der Waals surface area contributed by atoms with E-state index in [-0.39, 0.29) is 31.1 Å². The molecule has 0 aromatic heterocycles. The lowest BCUT2D eigenvalue weighted by atomic mass is 10.0. The average molecular weight is 879 g/mol. The highest BCUT2D eigenvalue weighted by atomic mass is 16.6. The molecule has 0 saturated carbocycles. The van der Waals surface area contributed by atoms with Crippen LogP contribution in [0, 0.1) is 0 Å². The summed E-state index contributed by atoms with van der Waals surface area (Å²) < 4.78 is 16.8. The first-order valence-electron chi connectivity index (χ1n) is 26.5. The van der Waals surface area contributed by atoms with Crippen molar-refractivity contribution in [2.45, 2.75) is 258 Å². The van der Waals surface area contributed by atoms with Crippen LogP contribution in [-0.4, -0.2) is 37.2 Å². The van der Waals surface area contributed by atoms with Crippen LogP contribution in [0.5, 0.6) is 0 Å². The Morgan fingerprint density at radius 3 is 1.14 bits per heavy atom. The van der Waals surface area contributed by atoms with Crippen molar-refractivity contribution >= 4 is 17.9 Å². The maximum atomic E-state index is 12.8. The van der Waals surface area contributed by atoms with Crippen molar-refractivity contribution in [3.8, 4) is 0 Å². The van der Waals surface area contributed by atoms with E-state index in [0.717, 1.165) is 103 Å². The molecule has 0 saturated heterocycles. The Morgan fingerprint density at radius 2 is 0.698 bits per heavy atom. The predicted octanol–water partition coefficient (Wildman–Crippen LogP) is 17.4. The monoisotopic (exact) mass is 879 g/mol. The van der Waals surface area contributed by atoms with E-state index in [1.54, 1.807) is 0 Å². The third-order valence-corrected chi connectivity index (χ3v) is 11.3. The molecule has 63 heavy (non-hydrogen) atoms. The molecule has 0 aliphatic carbocycles. The molecular weight excluding hydrogens is 781 g/mol. The summed E-state index contributed by atoms with van der Waals surface area (Å²) in [7, 11) is 0. The van der Waals surface area contributed by atoms with E-state index in [1.165, 1.54) is 109 Å². The Balaban J connectivity index is 4.41. The van der Waals surface area contributed by atoms with E-state index in [4.69, 9.17) is 14.2 Å². The Labute approximate surface area is 389 Å². The lowest BCUT2D eigenvalue weighted by molar-refractivity contribution is -0.167. The van der Waals surface area contributed by atoms with Crippen LogP contribution < -0.4 is 0 Å². The summed E-state index contributed by atoms with van der Waals surface area (Å²) in [6.45, 7) is 6.38. The van der Waals surface area contributed by atoms with Crippen LogP contribution in [0.4, 0.5) is 0 Å². The highest BCUT2D eigenvalue weighted by Gasteiger charge is 2.19. The molecule has 0 aliphatic rings. The molecular formula is C57H98O6. The molecule has 0 aromatic rings. The summed E-state index contributed by atoms with van der Waals surface area (Å²) in [6.07, 6.45) is 64.5. The molecule has 0 aliphatic heterocycles. The lowest BCUT2D eigenvalue weighted by Gasteiger charge is -2.18. The average Bonchev–Trinajstić information content (AvgIpc) is 3.28. The van der Waals surface area contributed by atoms with Crippen molar-refractivity contribution < 1.29 is 28.6 Å². The summed E-state index contributed by atoms with van der Waals surface area (Å²) in [5, 5.41) is 0. The van der Waals surface area contributed by atoms with E-state index < -0.39 is 6.10 Å². The minimum Gasteiger partial charge on any atom is -0.462 e. The number of ether oxygens (including phenoxy) is 3. The SMILES string of the molecule is CC\C=C/C=C\C=C/C=C\CCCCCCCC(=O)OC(COC(=O)CCCCCCCCC/C=C\C/C=C\CC)COC(=O)CCCCCCCCCCCCCCCCCC. The Bertz CT molecular complexity index is 1190. The third kappa shape index (κ3) is 49.7. The van der Waals surface area contributed by atoms with E-state index in [9.17, 15) is 14.4 Å². The Morgan fingerprint density at radius 1 is 0.349 bits per heavy atom. The molecule has 0 rings (SSSR count). The number of rotatable bonds is 47. The fraction of sp³-hybridized carbons (Fsp3) is 0.737. The van der Waals surface area contributed by atoms with Crippen LogP contribution in [0.25, 0.3) is 0 Å². The van der Waals surface area contributed by atoms with Crippen LogP contribution in [0.15, 0.2) is 72.9 Å². The number of hydrogen-bond donors (Lipinski definition) is 0. The van der Waals surface area contributed by atoms with E-state index >= 15 is 0 Å². The standard InChI is InChI=1S/C57H98O6/c1-4-7-10-13-16-19-22-25-28-30-32-35-38-41-44-47-50-56(59)62-53-54(52-61-55(58)49-46-43-40-37-34-31-27-24-21-18-15-12-9-6-3)63-57(60)51-48-45-42-39-36-33-29-26-23-20-17-14-11-8-5-2/h8-9,11-12,14,17-18,20-21,23,26,29,54H,4-7,10,13,15-16,19,22,24-25,27-28,30-53H2,1-3H3/b11-8-,12-9-,17-14-,21-18-,23-20-,29-26-. The zero-order chi connectivity index (χ0) is 45.8. The number of carbonyl (C=O) groups is 3. The molecule has 0 amide bonds. The van der Waals surface area contributed by atoms with Gasteiger partial charge in [-0.05, 0) is 64.2 Å². The van der Waals surface area contributed by atoms with Crippen LogP contribution >= 0.6 is 0 Å². The summed E-state index contributed by atoms with van der Waals surface area (Å²) in [6, 6.07) is 0. The van der Waals surface area contributed by atoms with Gasteiger partial charge in [-0.2, -0.15) is 0 Å². The normalized spacial score (nSPS) is 12.6. The number of carbonyl (C=O) groups excluding carboxylic acids is 3. The Kier molecular flexibility index (Phi) is 48.9. The van der Waals surface area contributed by atoms with Crippen LogP contribution in [0.2, 0.25) is 0 Å². The van der Waals surface area contributed by atoms with E-state index in [0.29, 0.717) is 19.3 Å². The number of allylic oxidation sites excluding steroid dienone is 12. The second kappa shape index (κ2) is 51.5. The van der Waals surface area contributed by atoms with Crippen LogP contribution in [0.1, 0.15) is 252 Å². The quantitative estimate of drug-likeness (QED) is 0.0199. The zero-order valence-electron chi connectivity index (χ0n) is 41.3. The fourth-order valence-corrected chi connectivity index (χ4v) is 7.37. The molecule has 0 heterocycles. The smallest absolute Gasteiger partial charge is 0.306 e. The van der Waals surface area contributed by atoms with Gasteiger partial charge in [0.25, 0.3) is 0 Å². The molecule has 0 aromatic carbocycles. The lowest BCUT2D eigenvalue weighted by Crippen LogP contribution is -2.30. The highest BCUT2D eigenvalue weighted by molar-refractivity contribution is 5.71. The van der Waals surface area contributed by atoms with Gasteiger partial charge in [0.1, 0.15) is 13.2 Å². The minimum absolute atomic E-state index is 0.0860. The Hall–Kier alpha value is -3.15. The van der Waals surface area contributed by atoms with Crippen molar-refractivity contribution in [2.75, 3.05) is 13.2 Å². The molecule has 0 radical (unpaired) electrons. The molecule has 0 fully saturated rings. The van der Waals surface area contributed by atoms with Gasteiger partial charge in [0.05, 0.1) is 0 Å². The van der Waals surface area contributed by atoms with E-state index in [1.807, 2.05) is 18.2 Å². The van der Waals surface area contributed by atoms with Gasteiger partial charge in [0.15, 0.2) is 6.10 Å². The maximum Gasteiger partial charge on any atom is 0.306 e. The second-order valence-electron chi connectivity index (χ2n) is 17.5. The highest BCUT2D eigenvalue weighted by Crippen LogP contribution is 2.16. The van der Waals surface area contributed by atoms with Crippen molar-refractivity contribution in [3.05, 3.63) is 72.9 Å². The van der Waals surface area contributed by atoms with Crippen molar-refractivity contribution in [3.63, 3.8) is 0 Å². The summed E-state index contributed by atoms with van der Waals surface area (Å²) in [5.74, 6) is -0.913. The summed E-state index contributed by atoms with van der Waals surface area (Å²) in [5.41, 5.74) is 0. The van der Waals surface area contributed by atoms with Gasteiger partial charge >= 0.3 is 17.9 Å². The first-order valence-corrected chi connectivity index (χ1v) is 26.5. The maximum absolute atomic E-state index is 12.8.